The predicted molar refractivity (Wildman–Crippen MR) is 111 cm³/mol. The average molecular weight is 449 g/mol. The molecule has 0 aliphatic carbocycles. The average Bonchev–Trinajstić information content (AvgIpc) is 2.70. The first kappa shape index (κ1) is 20.8. The summed E-state index contributed by atoms with van der Waals surface area (Å²) in [6, 6.07) is 14.3. The van der Waals surface area contributed by atoms with Crippen molar-refractivity contribution < 1.29 is 14.3 Å². The van der Waals surface area contributed by atoms with Crippen LogP contribution in [-0.4, -0.2) is 41.1 Å². The van der Waals surface area contributed by atoms with Gasteiger partial charge in [-0.05, 0) is 61.6 Å². The Morgan fingerprint density at radius 3 is 2.43 bits per heavy atom. The number of nitrogens with zero attached hydrogens (tertiary/aromatic N) is 2. The van der Waals surface area contributed by atoms with Crippen LogP contribution in [0.1, 0.15) is 43.4 Å². The number of hydrogen-bond acceptors (Lipinski definition) is 2. The molecule has 2 aromatic rings. The fourth-order valence-corrected chi connectivity index (χ4v) is 4.40. The molecule has 0 unspecified atom stereocenters. The van der Waals surface area contributed by atoms with Gasteiger partial charge in [0.15, 0.2) is 0 Å². The molecular weight excluding hydrogens is 423 g/mol. The Morgan fingerprint density at radius 1 is 1.18 bits per heavy atom. The smallest absolute Gasteiger partial charge is 0.320 e. The van der Waals surface area contributed by atoms with Crippen LogP contribution in [-0.2, 0) is 5.54 Å². The SMILES string of the molecule is C[C@@H](c1ccc(Br)cc1)N1CC[C@@](CCCO)(c2ccc(F)cc2)N(C)C1=O. The van der Waals surface area contributed by atoms with Crippen LogP contribution in [0.2, 0.25) is 0 Å². The second-order valence-electron chi connectivity index (χ2n) is 7.38. The van der Waals surface area contributed by atoms with Gasteiger partial charge < -0.3 is 14.9 Å². The number of carbonyl (C=O) groups is 1. The third kappa shape index (κ3) is 3.94. The van der Waals surface area contributed by atoms with Gasteiger partial charge >= 0.3 is 6.03 Å². The Balaban J connectivity index is 1.89. The second kappa shape index (κ2) is 8.62. The number of hydrogen-bond donors (Lipinski definition) is 1. The highest BCUT2D eigenvalue weighted by Crippen LogP contribution is 2.41. The van der Waals surface area contributed by atoms with Crippen LogP contribution in [0.3, 0.4) is 0 Å². The maximum Gasteiger partial charge on any atom is 0.320 e. The number of aliphatic hydroxyl groups is 1. The monoisotopic (exact) mass is 448 g/mol. The second-order valence-corrected chi connectivity index (χ2v) is 8.29. The first-order chi connectivity index (χ1) is 13.4. The van der Waals surface area contributed by atoms with E-state index >= 15 is 0 Å². The van der Waals surface area contributed by atoms with Gasteiger partial charge in [0, 0.05) is 24.7 Å². The first-order valence-corrected chi connectivity index (χ1v) is 10.3. The summed E-state index contributed by atoms with van der Waals surface area (Å²) in [7, 11) is 1.81. The van der Waals surface area contributed by atoms with E-state index in [1.54, 1.807) is 17.0 Å². The quantitative estimate of drug-likeness (QED) is 0.669. The summed E-state index contributed by atoms with van der Waals surface area (Å²) < 4.78 is 14.5. The van der Waals surface area contributed by atoms with Crippen molar-refractivity contribution in [3.63, 3.8) is 0 Å². The lowest BCUT2D eigenvalue weighted by Gasteiger charge is -2.50. The molecule has 2 aromatic carbocycles. The number of amides is 2. The molecule has 150 valence electrons. The third-order valence-corrected chi connectivity index (χ3v) is 6.42. The summed E-state index contributed by atoms with van der Waals surface area (Å²) in [5, 5.41) is 9.39. The predicted octanol–water partition coefficient (Wildman–Crippen LogP) is 5.07. The fourth-order valence-electron chi connectivity index (χ4n) is 4.13. The van der Waals surface area contributed by atoms with Gasteiger partial charge in [0.25, 0.3) is 0 Å². The third-order valence-electron chi connectivity index (χ3n) is 5.89. The van der Waals surface area contributed by atoms with E-state index in [1.165, 1.54) is 12.1 Å². The molecule has 1 N–H and O–H groups in total. The molecule has 1 aliphatic rings. The standard InChI is InChI=1S/C22H26BrFN2O2/c1-16(17-4-8-19(23)9-5-17)26-14-13-22(12-3-15-27,25(2)21(26)28)18-6-10-20(24)11-7-18/h4-11,16,27H,3,12-15H2,1-2H3/t16-,22-/m0/s1. The zero-order chi connectivity index (χ0) is 20.3. The van der Waals surface area contributed by atoms with Crippen molar-refractivity contribution in [1.82, 2.24) is 9.80 Å². The number of rotatable bonds is 6. The minimum absolute atomic E-state index is 0.0490. The Kier molecular flexibility index (Phi) is 6.40. The van der Waals surface area contributed by atoms with Crippen LogP contribution in [0.25, 0.3) is 0 Å². The molecule has 0 saturated carbocycles. The van der Waals surface area contributed by atoms with Crippen molar-refractivity contribution in [2.45, 2.75) is 37.8 Å². The molecule has 0 bridgehead atoms. The van der Waals surface area contributed by atoms with Crippen molar-refractivity contribution in [2.75, 3.05) is 20.2 Å². The molecule has 4 nitrogen and oxygen atoms in total. The van der Waals surface area contributed by atoms with E-state index in [2.05, 4.69) is 15.9 Å². The molecule has 0 radical (unpaired) electrons. The van der Waals surface area contributed by atoms with Gasteiger partial charge in [0.05, 0.1) is 11.6 Å². The van der Waals surface area contributed by atoms with Gasteiger partial charge in [-0.25, -0.2) is 9.18 Å². The maximum absolute atomic E-state index is 13.5. The minimum Gasteiger partial charge on any atom is -0.396 e. The lowest BCUT2D eigenvalue weighted by Crippen LogP contribution is -2.59. The molecule has 0 aromatic heterocycles. The molecule has 1 saturated heterocycles. The number of carbonyl (C=O) groups excluding carboxylic acids is 1. The zero-order valence-corrected chi connectivity index (χ0v) is 17.8. The summed E-state index contributed by atoms with van der Waals surface area (Å²) in [6.07, 6.45) is 1.94. The molecule has 1 heterocycles. The lowest BCUT2D eigenvalue weighted by molar-refractivity contribution is 0.0321. The van der Waals surface area contributed by atoms with Crippen molar-refractivity contribution >= 4 is 22.0 Å². The van der Waals surface area contributed by atoms with E-state index in [9.17, 15) is 14.3 Å². The Bertz CT molecular complexity index is 812. The van der Waals surface area contributed by atoms with Crippen LogP contribution in [0, 0.1) is 5.82 Å². The van der Waals surface area contributed by atoms with Crippen molar-refractivity contribution in [3.8, 4) is 0 Å². The summed E-state index contributed by atoms with van der Waals surface area (Å²) in [5.74, 6) is -0.295. The molecule has 3 rings (SSSR count). The van der Waals surface area contributed by atoms with Gasteiger partial charge in [0.2, 0.25) is 0 Å². The van der Waals surface area contributed by atoms with Crippen molar-refractivity contribution in [2.24, 2.45) is 0 Å². The molecule has 6 heteroatoms. The molecular formula is C22H26BrFN2O2. The van der Waals surface area contributed by atoms with E-state index in [0.717, 1.165) is 22.0 Å². The molecule has 0 spiro atoms. The molecule has 2 atom stereocenters. The normalized spacial score (nSPS) is 21.1. The number of benzene rings is 2. The van der Waals surface area contributed by atoms with E-state index in [0.29, 0.717) is 19.4 Å². The molecule has 28 heavy (non-hydrogen) atoms. The van der Waals surface area contributed by atoms with E-state index in [4.69, 9.17) is 0 Å². The fraction of sp³-hybridized carbons (Fsp3) is 0.409. The Hall–Kier alpha value is -1.92. The molecule has 1 fully saturated rings. The summed E-state index contributed by atoms with van der Waals surface area (Å²) in [4.78, 5) is 17.0. The van der Waals surface area contributed by atoms with Crippen molar-refractivity contribution in [1.29, 1.82) is 0 Å². The first-order valence-electron chi connectivity index (χ1n) is 9.56. The van der Waals surface area contributed by atoms with Gasteiger partial charge in [-0.2, -0.15) is 0 Å². The summed E-state index contributed by atoms with van der Waals surface area (Å²) >= 11 is 3.45. The van der Waals surface area contributed by atoms with Crippen LogP contribution >= 0.6 is 15.9 Å². The zero-order valence-electron chi connectivity index (χ0n) is 16.2. The minimum atomic E-state index is -0.538. The lowest BCUT2D eigenvalue weighted by atomic mass is 9.79. The highest BCUT2D eigenvalue weighted by Gasteiger charge is 2.45. The highest BCUT2D eigenvalue weighted by atomic mass is 79.9. The number of urea groups is 1. The van der Waals surface area contributed by atoms with Gasteiger partial charge in [-0.3, -0.25) is 0 Å². The van der Waals surface area contributed by atoms with Crippen LogP contribution in [0.15, 0.2) is 53.0 Å². The van der Waals surface area contributed by atoms with Gasteiger partial charge in [0.1, 0.15) is 5.82 Å². The summed E-state index contributed by atoms with van der Waals surface area (Å²) in [5.41, 5.74) is 1.45. The highest BCUT2D eigenvalue weighted by molar-refractivity contribution is 9.10. The Labute approximate surface area is 174 Å². The topological polar surface area (TPSA) is 43.8 Å². The van der Waals surface area contributed by atoms with Gasteiger partial charge in [-0.1, -0.05) is 40.2 Å². The van der Waals surface area contributed by atoms with E-state index in [1.807, 2.05) is 43.1 Å². The van der Waals surface area contributed by atoms with Crippen LogP contribution in [0.5, 0.6) is 0 Å². The van der Waals surface area contributed by atoms with Crippen LogP contribution in [0.4, 0.5) is 9.18 Å². The number of aliphatic hydroxyl groups excluding tert-OH is 1. The largest absolute Gasteiger partial charge is 0.396 e. The van der Waals surface area contributed by atoms with Gasteiger partial charge in [-0.15, -0.1) is 0 Å². The Morgan fingerprint density at radius 2 is 1.82 bits per heavy atom. The maximum atomic E-state index is 13.5. The van der Waals surface area contributed by atoms with Crippen molar-refractivity contribution in [3.05, 3.63) is 69.9 Å². The van der Waals surface area contributed by atoms with E-state index in [-0.39, 0.29) is 24.5 Å². The number of halogens is 2. The van der Waals surface area contributed by atoms with E-state index < -0.39 is 5.54 Å². The molecule has 1 aliphatic heterocycles. The summed E-state index contributed by atoms with van der Waals surface area (Å²) in [6.45, 7) is 2.70. The van der Waals surface area contributed by atoms with Crippen LogP contribution < -0.4 is 0 Å². The molecule has 2 amide bonds.